The van der Waals surface area contributed by atoms with Crippen LogP contribution in [-0.2, 0) is 4.79 Å². The maximum Gasteiger partial charge on any atom is 0.248 e. The Balaban J connectivity index is 1.49. The number of amides is 1. The van der Waals surface area contributed by atoms with Gasteiger partial charge in [-0.2, -0.15) is 4.98 Å². The minimum Gasteiger partial charge on any atom is -0.339 e. The summed E-state index contributed by atoms with van der Waals surface area (Å²) in [6.07, 6.45) is 3.14. The second kappa shape index (κ2) is 8.20. The van der Waals surface area contributed by atoms with Gasteiger partial charge in [-0.25, -0.2) is 4.39 Å². The number of aryl methyl sites for hydroxylation is 1. The van der Waals surface area contributed by atoms with E-state index in [4.69, 9.17) is 4.52 Å². The molecule has 4 aromatic rings. The minimum absolute atomic E-state index is 0.268. The molecule has 0 fully saturated rings. The molecule has 0 unspecified atom stereocenters. The summed E-state index contributed by atoms with van der Waals surface area (Å²) in [7, 11) is 0. The van der Waals surface area contributed by atoms with Crippen molar-refractivity contribution in [2.24, 2.45) is 0 Å². The van der Waals surface area contributed by atoms with Crippen molar-refractivity contribution >= 4 is 29.0 Å². The maximum absolute atomic E-state index is 13.9. The highest BCUT2D eigenvalue weighted by molar-refractivity contribution is 7.16. The van der Waals surface area contributed by atoms with Crippen molar-refractivity contribution in [2.45, 2.75) is 6.92 Å². The third-order valence-electron chi connectivity index (χ3n) is 4.12. The lowest BCUT2D eigenvalue weighted by Crippen LogP contribution is -2.08. The van der Waals surface area contributed by atoms with Crippen LogP contribution in [-0.4, -0.2) is 16.0 Å². The Morgan fingerprint density at radius 1 is 1.07 bits per heavy atom. The number of hydrogen-bond donors (Lipinski definition) is 1. The Morgan fingerprint density at radius 3 is 2.59 bits per heavy atom. The van der Waals surface area contributed by atoms with E-state index in [-0.39, 0.29) is 11.7 Å². The van der Waals surface area contributed by atoms with Crippen LogP contribution in [0.5, 0.6) is 0 Å². The smallest absolute Gasteiger partial charge is 0.248 e. The van der Waals surface area contributed by atoms with E-state index in [9.17, 15) is 9.18 Å². The lowest BCUT2D eigenvalue weighted by atomic mass is 10.1. The first-order valence-corrected chi connectivity index (χ1v) is 9.65. The van der Waals surface area contributed by atoms with Crippen molar-refractivity contribution in [3.05, 3.63) is 83.3 Å². The summed E-state index contributed by atoms with van der Waals surface area (Å²) in [6.45, 7) is 1.71. The number of benzene rings is 2. The molecule has 0 atom stereocenters. The van der Waals surface area contributed by atoms with E-state index in [1.807, 2.05) is 30.3 Å². The quantitative estimate of drug-likeness (QED) is 0.441. The van der Waals surface area contributed by atoms with Crippen LogP contribution in [0.4, 0.5) is 10.1 Å². The molecule has 144 valence electrons. The van der Waals surface area contributed by atoms with E-state index in [2.05, 4.69) is 15.5 Å². The zero-order valence-electron chi connectivity index (χ0n) is 15.4. The highest BCUT2D eigenvalue weighted by atomic mass is 32.1. The lowest BCUT2D eigenvalue weighted by Gasteiger charge is -2.06. The number of carbonyl (C=O) groups is 1. The molecule has 0 aliphatic carbocycles. The second-order valence-corrected chi connectivity index (χ2v) is 7.30. The largest absolute Gasteiger partial charge is 0.339 e. The SMILES string of the molecule is Cc1nc(-c2ccccc2NC(=O)/C=C/c2ccc(-c3ccccc3F)s2)no1. The molecule has 0 aliphatic rings. The van der Waals surface area contributed by atoms with Gasteiger partial charge < -0.3 is 9.84 Å². The number of hydrogen-bond acceptors (Lipinski definition) is 5. The average Bonchev–Trinajstić information content (AvgIpc) is 3.36. The van der Waals surface area contributed by atoms with Crippen molar-refractivity contribution in [1.82, 2.24) is 10.1 Å². The van der Waals surface area contributed by atoms with Gasteiger partial charge in [-0.1, -0.05) is 35.5 Å². The molecule has 0 saturated heterocycles. The predicted octanol–water partition coefficient (Wildman–Crippen LogP) is 5.56. The van der Waals surface area contributed by atoms with E-state index in [0.29, 0.717) is 28.5 Å². The van der Waals surface area contributed by atoms with Crippen LogP contribution in [0.3, 0.4) is 0 Å². The van der Waals surface area contributed by atoms with Crippen molar-refractivity contribution < 1.29 is 13.7 Å². The third-order valence-corrected chi connectivity index (χ3v) is 5.20. The summed E-state index contributed by atoms with van der Waals surface area (Å²) in [5.41, 5.74) is 1.80. The van der Waals surface area contributed by atoms with Crippen molar-refractivity contribution in [3.63, 3.8) is 0 Å². The molecule has 1 N–H and O–H groups in total. The molecule has 2 aromatic heterocycles. The fourth-order valence-corrected chi connectivity index (χ4v) is 3.71. The van der Waals surface area contributed by atoms with E-state index < -0.39 is 0 Å². The molecule has 1 amide bonds. The summed E-state index contributed by atoms with van der Waals surface area (Å²) in [6, 6.07) is 17.5. The van der Waals surface area contributed by atoms with Crippen LogP contribution in [0, 0.1) is 12.7 Å². The van der Waals surface area contributed by atoms with Crippen LogP contribution >= 0.6 is 11.3 Å². The first kappa shape index (κ1) is 18.8. The Morgan fingerprint density at radius 2 is 1.83 bits per heavy atom. The van der Waals surface area contributed by atoms with Crippen LogP contribution in [0.1, 0.15) is 10.8 Å². The molecule has 2 heterocycles. The molecule has 0 saturated carbocycles. The molecule has 2 aromatic carbocycles. The maximum atomic E-state index is 13.9. The first-order valence-electron chi connectivity index (χ1n) is 8.83. The number of thiophene rings is 1. The molecule has 0 aliphatic heterocycles. The van der Waals surface area contributed by atoms with Gasteiger partial charge in [0, 0.05) is 33.9 Å². The summed E-state index contributed by atoms with van der Waals surface area (Å²) in [5.74, 6) is 0.300. The normalized spacial score (nSPS) is 11.1. The van der Waals surface area contributed by atoms with Gasteiger partial charge >= 0.3 is 0 Å². The Bertz CT molecular complexity index is 1200. The van der Waals surface area contributed by atoms with Crippen molar-refractivity contribution in [1.29, 1.82) is 0 Å². The number of rotatable bonds is 5. The Kier molecular flexibility index (Phi) is 5.31. The minimum atomic E-state index is -0.293. The van der Waals surface area contributed by atoms with Crippen LogP contribution in [0.25, 0.3) is 27.9 Å². The van der Waals surface area contributed by atoms with Crippen LogP contribution < -0.4 is 5.32 Å². The zero-order chi connectivity index (χ0) is 20.2. The van der Waals surface area contributed by atoms with Crippen LogP contribution in [0.15, 0.2) is 71.3 Å². The van der Waals surface area contributed by atoms with Crippen molar-refractivity contribution in [3.8, 4) is 21.8 Å². The number of carbonyl (C=O) groups excluding carboxylic acids is 1. The molecule has 0 spiro atoms. The molecule has 29 heavy (non-hydrogen) atoms. The number of nitrogens with zero attached hydrogens (tertiary/aromatic N) is 2. The molecule has 5 nitrogen and oxygen atoms in total. The van der Waals surface area contributed by atoms with Gasteiger partial charge in [0.15, 0.2) is 0 Å². The molecular formula is C22H16FN3O2S. The van der Waals surface area contributed by atoms with Gasteiger partial charge in [0.1, 0.15) is 5.82 Å². The second-order valence-electron chi connectivity index (χ2n) is 6.19. The Labute approximate surface area is 170 Å². The van der Waals surface area contributed by atoms with E-state index in [1.54, 1.807) is 37.3 Å². The lowest BCUT2D eigenvalue weighted by molar-refractivity contribution is -0.111. The van der Waals surface area contributed by atoms with Gasteiger partial charge in [0.2, 0.25) is 17.6 Å². The molecule has 7 heteroatoms. The van der Waals surface area contributed by atoms with E-state index in [1.165, 1.54) is 23.5 Å². The van der Waals surface area contributed by atoms with E-state index >= 15 is 0 Å². The topological polar surface area (TPSA) is 68.0 Å². The van der Waals surface area contributed by atoms with Crippen molar-refractivity contribution in [2.75, 3.05) is 5.32 Å². The van der Waals surface area contributed by atoms with E-state index in [0.717, 1.165) is 9.75 Å². The number of para-hydroxylation sites is 1. The molecule has 0 bridgehead atoms. The summed E-state index contributed by atoms with van der Waals surface area (Å²) < 4.78 is 18.9. The van der Waals surface area contributed by atoms with Gasteiger partial charge in [-0.3, -0.25) is 4.79 Å². The fraction of sp³-hybridized carbons (Fsp3) is 0.0455. The molecular weight excluding hydrogens is 389 g/mol. The van der Waals surface area contributed by atoms with Gasteiger partial charge in [0.05, 0.1) is 5.69 Å². The third kappa shape index (κ3) is 4.30. The Hall–Kier alpha value is -3.58. The number of halogens is 1. The predicted molar refractivity (Wildman–Crippen MR) is 112 cm³/mol. The number of anilines is 1. The first-order chi connectivity index (χ1) is 14.1. The highest BCUT2D eigenvalue weighted by Crippen LogP contribution is 2.30. The fourth-order valence-electron chi connectivity index (χ4n) is 2.78. The van der Waals surface area contributed by atoms with Gasteiger partial charge in [-0.15, -0.1) is 11.3 Å². The zero-order valence-corrected chi connectivity index (χ0v) is 16.2. The highest BCUT2D eigenvalue weighted by Gasteiger charge is 2.12. The summed E-state index contributed by atoms with van der Waals surface area (Å²) in [5, 5.41) is 6.74. The number of aromatic nitrogens is 2. The monoisotopic (exact) mass is 405 g/mol. The molecule has 0 radical (unpaired) electrons. The average molecular weight is 405 g/mol. The van der Waals surface area contributed by atoms with Crippen LogP contribution in [0.2, 0.25) is 0 Å². The summed E-state index contributed by atoms with van der Waals surface area (Å²) in [4.78, 5) is 18.2. The summed E-state index contributed by atoms with van der Waals surface area (Å²) >= 11 is 1.41. The number of nitrogens with one attached hydrogen (secondary N) is 1. The van der Waals surface area contributed by atoms with Gasteiger partial charge in [-0.05, 0) is 36.4 Å². The van der Waals surface area contributed by atoms with Gasteiger partial charge in [0.25, 0.3) is 0 Å². The molecule has 4 rings (SSSR count). The standard InChI is InChI=1S/C22H16FN3O2S/c1-14-24-22(26-28-14)17-7-3-5-9-19(17)25-21(27)13-11-15-10-12-20(29-15)16-6-2-4-8-18(16)23/h2-13H,1H3,(H,25,27)/b13-11+.